The molecule has 0 atom stereocenters. The third kappa shape index (κ3) is 4.14. The lowest BCUT2D eigenvalue weighted by atomic mass is 10.00. The summed E-state index contributed by atoms with van der Waals surface area (Å²) in [6.45, 7) is 0.374. The van der Waals surface area contributed by atoms with Gasteiger partial charge in [0.1, 0.15) is 18.0 Å². The molecule has 4 rings (SSSR count). The molecular weight excluding hydrogens is 545 g/mol. The van der Waals surface area contributed by atoms with E-state index in [4.69, 9.17) is 4.74 Å². The van der Waals surface area contributed by atoms with Gasteiger partial charge in [0, 0.05) is 17.3 Å². The molecule has 5 nitrogen and oxygen atoms in total. The topological polar surface area (TPSA) is 62.7 Å². The van der Waals surface area contributed by atoms with Gasteiger partial charge < -0.3 is 14.7 Å². The summed E-state index contributed by atoms with van der Waals surface area (Å²) in [4.78, 5) is 18.7. The van der Waals surface area contributed by atoms with Gasteiger partial charge in [-0.1, -0.05) is 18.2 Å². The molecule has 0 radical (unpaired) electrons. The predicted octanol–water partition coefficient (Wildman–Crippen LogP) is 6.04. The fourth-order valence-electron chi connectivity index (χ4n) is 3.28. The number of hydrogen-bond acceptors (Lipinski definition) is 4. The minimum absolute atomic E-state index is 0.0432. The van der Waals surface area contributed by atoms with Crippen molar-refractivity contribution >= 4 is 43.5 Å². The molecule has 0 spiro atoms. The predicted molar refractivity (Wildman–Crippen MR) is 115 cm³/mol. The number of halogens is 5. The van der Waals surface area contributed by atoms with Crippen molar-refractivity contribution in [3.8, 4) is 22.8 Å². The number of nitrogens with zero attached hydrogens (tertiary/aromatic N) is 2. The highest BCUT2D eigenvalue weighted by atomic mass is 79.9. The Balaban J connectivity index is 1.79. The third-order valence-corrected chi connectivity index (χ3v) is 5.94. The molecule has 0 saturated carbocycles. The number of aromatic hydroxyl groups is 1. The van der Waals surface area contributed by atoms with Crippen molar-refractivity contribution in [3.63, 3.8) is 0 Å². The first-order valence-electron chi connectivity index (χ1n) is 8.96. The number of pyridine rings is 1. The van der Waals surface area contributed by atoms with Gasteiger partial charge in [-0.15, -0.1) is 0 Å². The summed E-state index contributed by atoms with van der Waals surface area (Å²) in [6.07, 6.45) is -3.24. The zero-order chi connectivity index (χ0) is 22.3. The molecular formula is C21H13Br2F3N2O3. The van der Waals surface area contributed by atoms with Crippen molar-refractivity contribution in [3.05, 3.63) is 68.7 Å². The van der Waals surface area contributed by atoms with Gasteiger partial charge in [0.15, 0.2) is 0 Å². The first kappa shape index (κ1) is 21.6. The van der Waals surface area contributed by atoms with Crippen molar-refractivity contribution in [2.24, 2.45) is 0 Å². The van der Waals surface area contributed by atoms with Gasteiger partial charge in [-0.25, -0.2) is 4.98 Å². The number of amides is 1. The standard InChI is InChI=1S/C21H13Br2F3N2O3/c22-15-7-11(8-16(23)18(15)29)20(30)28-5-6-31-19-17(28)9-12(10-27-19)13-3-1-2-4-14(13)21(24,25)26/h1-4,7-10,29H,5-6H2. The summed E-state index contributed by atoms with van der Waals surface area (Å²) < 4.78 is 46.6. The number of phenols is 1. The first-order chi connectivity index (χ1) is 14.7. The lowest BCUT2D eigenvalue weighted by Crippen LogP contribution is -2.38. The molecule has 31 heavy (non-hydrogen) atoms. The van der Waals surface area contributed by atoms with Crippen LogP contribution >= 0.6 is 31.9 Å². The van der Waals surface area contributed by atoms with Crippen LogP contribution in [0.25, 0.3) is 11.1 Å². The Morgan fingerprint density at radius 1 is 1.13 bits per heavy atom. The van der Waals surface area contributed by atoms with Gasteiger partial charge >= 0.3 is 6.18 Å². The minimum atomic E-state index is -4.54. The van der Waals surface area contributed by atoms with Gasteiger partial charge in [-0.2, -0.15) is 13.2 Å². The number of aromatic nitrogens is 1. The summed E-state index contributed by atoms with van der Waals surface area (Å²) in [5.74, 6) is -0.301. The summed E-state index contributed by atoms with van der Waals surface area (Å²) >= 11 is 6.39. The maximum absolute atomic E-state index is 13.5. The zero-order valence-electron chi connectivity index (χ0n) is 15.6. The zero-order valence-corrected chi connectivity index (χ0v) is 18.8. The molecule has 160 valence electrons. The van der Waals surface area contributed by atoms with Crippen molar-refractivity contribution in [1.82, 2.24) is 4.98 Å². The van der Waals surface area contributed by atoms with E-state index >= 15 is 0 Å². The second-order valence-electron chi connectivity index (χ2n) is 6.69. The molecule has 3 aromatic rings. The van der Waals surface area contributed by atoms with E-state index in [2.05, 4.69) is 36.8 Å². The fraction of sp³-hybridized carbons (Fsp3) is 0.143. The molecule has 10 heteroatoms. The number of ether oxygens (including phenoxy) is 1. The van der Waals surface area contributed by atoms with Gasteiger partial charge in [0.05, 0.1) is 21.1 Å². The van der Waals surface area contributed by atoms with Gasteiger partial charge in [0.25, 0.3) is 5.91 Å². The number of rotatable bonds is 2. The van der Waals surface area contributed by atoms with E-state index in [-0.39, 0.29) is 47.2 Å². The van der Waals surface area contributed by atoms with Gasteiger partial charge in [0.2, 0.25) is 5.88 Å². The highest BCUT2D eigenvalue weighted by Crippen LogP contribution is 2.40. The number of hydrogen-bond donors (Lipinski definition) is 1. The molecule has 0 aliphatic carbocycles. The van der Waals surface area contributed by atoms with E-state index in [9.17, 15) is 23.1 Å². The van der Waals surface area contributed by atoms with Crippen LogP contribution in [-0.2, 0) is 6.18 Å². The normalized spacial score (nSPS) is 13.5. The first-order valence-corrected chi connectivity index (χ1v) is 10.5. The Morgan fingerprint density at radius 3 is 2.48 bits per heavy atom. The lowest BCUT2D eigenvalue weighted by Gasteiger charge is -2.29. The van der Waals surface area contributed by atoms with E-state index in [0.717, 1.165) is 6.07 Å². The van der Waals surface area contributed by atoms with Crippen LogP contribution < -0.4 is 9.64 Å². The van der Waals surface area contributed by atoms with E-state index in [1.807, 2.05) is 0 Å². The van der Waals surface area contributed by atoms with Crippen molar-refractivity contribution in [2.45, 2.75) is 6.18 Å². The van der Waals surface area contributed by atoms with Crippen LogP contribution in [0.2, 0.25) is 0 Å². The second-order valence-corrected chi connectivity index (χ2v) is 8.39. The monoisotopic (exact) mass is 556 g/mol. The Morgan fingerprint density at radius 2 is 1.81 bits per heavy atom. The smallest absolute Gasteiger partial charge is 0.417 e. The largest absolute Gasteiger partial charge is 0.506 e. The Hall–Kier alpha value is -2.59. The SMILES string of the molecule is O=C(c1cc(Br)c(O)c(Br)c1)N1CCOc2ncc(-c3ccccc3C(F)(F)F)cc21. The van der Waals surface area contributed by atoms with Crippen LogP contribution in [0, 0.1) is 0 Å². The average molecular weight is 558 g/mol. The second kappa shape index (κ2) is 8.16. The molecule has 0 fully saturated rings. The molecule has 1 aromatic heterocycles. The van der Waals surface area contributed by atoms with Gasteiger partial charge in [-0.3, -0.25) is 4.79 Å². The van der Waals surface area contributed by atoms with E-state index < -0.39 is 17.6 Å². The number of carbonyl (C=O) groups is 1. The molecule has 0 saturated heterocycles. The number of alkyl halides is 3. The minimum Gasteiger partial charge on any atom is -0.506 e. The molecule has 1 N–H and O–H groups in total. The molecule has 2 aromatic carbocycles. The lowest BCUT2D eigenvalue weighted by molar-refractivity contribution is -0.137. The molecule has 1 aliphatic heterocycles. The Kier molecular flexibility index (Phi) is 5.69. The van der Waals surface area contributed by atoms with E-state index in [1.54, 1.807) is 0 Å². The number of carbonyl (C=O) groups excluding carboxylic acids is 1. The Bertz CT molecular complexity index is 1160. The maximum atomic E-state index is 13.5. The van der Waals surface area contributed by atoms with Crippen LogP contribution in [0.1, 0.15) is 15.9 Å². The van der Waals surface area contributed by atoms with Crippen LogP contribution in [0.15, 0.2) is 57.6 Å². The molecule has 2 heterocycles. The molecule has 0 unspecified atom stereocenters. The number of fused-ring (bicyclic) bond motifs is 1. The number of anilines is 1. The average Bonchev–Trinajstić information content (AvgIpc) is 2.75. The van der Waals surface area contributed by atoms with Crippen LogP contribution in [0.3, 0.4) is 0 Å². The number of benzene rings is 2. The number of phenolic OH excluding ortho intramolecular Hbond substituents is 1. The van der Waals surface area contributed by atoms with E-state index in [0.29, 0.717) is 8.95 Å². The summed E-state index contributed by atoms with van der Waals surface area (Å²) in [6, 6.07) is 9.58. The van der Waals surface area contributed by atoms with Crippen molar-refractivity contribution < 1.29 is 27.8 Å². The molecule has 1 aliphatic rings. The maximum Gasteiger partial charge on any atom is 0.417 e. The van der Waals surface area contributed by atoms with Gasteiger partial charge in [-0.05, 0) is 61.7 Å². The quantitative estimate of drug-likeness (QED) is 0.417. The molecule has 0 bridgehead atoms. The van der Waals surface area contributed by atoms with Crippen LogP contribution in [-0.4, -0.2) is 29.1 Å². The summed E-state index contributed by atoms with van der Waals surface area (Å²) in [7, 11) is 0. The van der Waals surface area contributed by atoms with Crippen LogP contribution in [0.4, 0.5) is 18.9 Å². The van der Waals surface area contributed by atoms with E-state index in [1.165, 1.54) is 47.5 Å². The Labute approximate surface area is 191 Å². The highest BCUT2D eigenvalue weighted by molar-refractivity contribution is 9.11. The van der Waals surface area contributed by atoms with Crippen molar-refractivity contribution in [2.75, 3.05) is 18.1 Å². The highest BCUT2D eigenvalue weighted by Gasteiger charge is 2.34. The molecule has 1 amide bonds. The summed E-state index contributed by atoms with van der Waals surface area (Å²) in [5.41, 5.74) is -0.0873. The third-order valence-electron chi connectivity index (χ3n) is 4.73. The summed E-state index contributed by atoms with van der Waals surface area (Å²) in [5, 5.41) is 9.89. The fourth-order valence-corrected chi connectivity index (χ4v) is 4.47. The van der Waals surface area contributed by atoms with Crippen LogP contribution in [0.5, 0.6) is 11.6 Å². The van der Waals surface area contributed by atoms with Crippen molar-refractivity contribution in [1.29, 1.82) is 0 Å².